The smallest absolute Gasteiger partial charge is 0.0518 e. The fourth-order valence-electron chi connectivity index (χ4n) is 1.58. The molecule has 3 heteroatoms. The zero-order valence-electron chi connectivity index (χ0n) is 11.0. The molecule has 0 aliphatic heterocycles. The van der Waals surface area contributed by atoms with E-state index in [4.69, 9.17) is 0 Å². The Balaban J connectivity index is 2.57. The highest BCUT2D eigenvalue weighted by molar-refractivity contribution is 5.48. The molecule has 0 amide bonds. The van der Waals surface area contributed by atoms with Gasteiger partial charge in [0, 0.05) is 12.1 Å². The van der Waals surface area contributed by atoms with Crippen LogP contribution in [0, 0.1) is 0 Å². The van der Waals surface area contributed by atoms with Gasteiger partial charge >= 0.3 is 0 Å². The van der Waals surface area contributed by atoms with E-state index in [9.17, 15) is 0 Å². The zero-order valence-corrected chi connectivity index (χ0v) is 11.0. The third-order valence-electron chi connectivity index (χ3n) is 2.35. The first-order chi connectivity index (χ1) is 8.11. The van der Waals surface area contributed by atoms with Crippen molar-refractivity contribution in [3.05, 3.63) is 42.1 Å². The summed E-state index contributed by atoms with van der Waals surface area (Å²) in [5.74, 6) is 0. The van der Waals surface area contributed by atoms with Gasteiger partial charge in [-0.05, 0) is 39.3 Å². The van der Waals surface area contributed by atoms with Crippen molar-refractivity contribution in [2.24, 2.45) is 10.3 Å². The largest absolute Gasteiger partial charge is 0.274 e. The highest BCUT2D eigenvalue weighted by Gasteiger charge is 2.09. The fraction of sp³-hybridized carbons (Fsp3) is 0.429. The van der Waals surface area contributed by atoms with Gasteiger partial charge in [-0.2, -0.15) is 0 Å². The summed E-state index contributed by atoms with van der Waals surface area (Å²) in [5, 5.41) is 10.3. The number of nitrogens with zero attached hydrogens (tertiary/aromatic N) is 3. The molecule has 0 bridgehead atoms. The third kappa shape index (κ3) is 4.81. The molecule has 3 nitrogen and oxygen atoms in total. The summed E-state index contributed by atoms with van der Waals surface area (Å²) in [7, 11) is 0. The van der Waals surface area contributed by atoms with Crippen molar-refractivity contribution in [1.29, 1.82) is 0 Å². The number of hydrogen-bond acceptors (Lipinski definition) is 2. The second kappa shape index (κ2) is 6.84. The highest BCUT2D eigenvalue weighted by Crippen LogP contribution is 2.06. The van der Waals surface area contributed by atoms with Crippen molar-refractivity contribution in [3.8, 4) is 0 Å². The molecular formula is C14H21N3. The standard InChI is InChI=1S/C14H21N3/c1-12(2)17(13(3)4)16-15-11-10-14-8-6-5-7-9-14/h5-13H,1-4H3/b11-10+,16-15+. The quantitative estimate of drug-likeness (QED) is 0.553. The first-order valence-corrected chi connectivity index (χ1v) is 6.02. The summed E-state index contributed by atoms with van der Waals surface area (Å²) in [6, 6.07) is 10.8. The summed E-state index contributed by atoms with van der Waals surface area (Å²) in [5.41, 5.74) is 1.13. The van der Waals surface area contributed by atoms with Gasteiger partial charge in [-0.1, -0.05) is 35.6 Å². The molecule has 1 aromatic rings. The molecule has 0 spiro atoms. The van der Waals surface area contributed by atoms with Gasteiger partial charge in [-0.25, -0.2) is 0 Å². The Morgan fingerprint density at radius 1 is 1.00 bits per heavy atom. The minimum Gasteiger partial charge on any atom is -0.274 e. The van der Waals surface area contributed by atoms with Crippen LogP contribution in [0.25, 0.3) is 6.08 Å². The van der Waals surface area contributed by atoms with Crippen LogP contribution in [0.2, 0.25) is 0 Å². The maximum atomic E-state index is 4.21. The third-order valence-corrected chi connectivity index (χ3v) is 2.35. The van der Waals surface area contributed by atoms with Crippen LogP contribution in [0.4, 0.5) is 0 Å². The monoisotopic (exact) mass is 231 g/mol. The first kappa shape index (κ1) is 13.4. The molecule has 0 unspecified atom stereocenters. The van der Waals surface area contributed by atoms with Gasteiger partial charge in [0.15, 0.2) is 0 Å². The molecule has 0 saturated carbocycles. The van der Waals surface area contributed by atoms with E-state index in [1.54, 1.807) is 6.20 Å². The molecule has 0 N–H and O–H groups in total. The molecule has 92 valence electrons. The van der Waals surface area contributed by atoms with E-state index < -0.39 is 0 Å². The van der Waals surface area contributed by atoms with E-state index in [1.807, 2.05) is 41.4 Å². The average Bonchev–Trinajstić information content (AvgIpc) is 2.29. The Morgan fingerprint density at radius 2 is 1.59 bits per heavy atom. The molecule has 1 aromatic carbocycles. The molecule has 0 saturated heterocycles. The minimum absolute atomic E-state index is 0.365. The van der Waals surface area contributed by atoms with Crippen molar-refractivity contribution >= 4 is 6.08 Å². The normalized spacial score (nSPS) is 12.1. The lowest BCUT2D eigenvalue weighted by Gasteiger charge is -2.25. The van der Waals surface area contributed by atoms with Crippen LogP contribution in [-0.4, -0.2) is 17.1 Å². The van der Waals surface area contributed by atoms with E-state index >= 15 is 0 Å². The van der Waals surface area contributed by atoms with E-state index in [-0.39, 0.29) is 0 Å². The average molecular weight is 231 g/mol. The van der Waals surface area contributed by atoms with Crippen molar-refractivity contribution in [1.82, 2.24) is 5.01 Å². The van der Waals surface area contributed by atoms with Crippen molar-refractivity contribution in [2.45, 2.75) is 39.8 Å². The molecular weight excluding hydrogens is 210 g/mol. The summed E-state index contributed by atoms with van der Waals surface area (Å²) >= 11 is 0. The molecule has 0 aliphatic carbocycles. The van der Waals surface area contributed by atoms with Crippen LogP contribution in [0.5, 0.6) is 0 Å². The van der Waals surface area contributed by atoms with Crippen LogP contribution in [0.3, 0.4) is 0 Å². The Hall–Kier alpha value is -1.64. The van der Waals surface area contributed by atoms with Gasteiger partial charge in [-0.15, -0.1) is 5.11 Å². The maximum Gasteiger partial charge on any atom is 0.0518 e. The Morgan fingerprint density at radius 3 is 2.12 bits per heavy atom. The van der Waals surface area contributed by atoms with Crippen LogP contribution >= 0.6 is 0 Å². The second-order valence-corrected chi connectivity index (χ2v) is 4.50. The summed E-state index contributed by atoms with van der Waals surface area (Å²) in [4.78, 5) is 0. The predicted octanol–water partition coefficient (Wildman–Crippen LogP) is 4.14. The predicted molar refractivity (Wildman–Crippen MR) is 72.4 cm³/mol. The molecule has 0 atom stereocenters. The topological polar surface area (TPSA) is 28.0 Å². The molecule has 1 rings (SSSR count). The Bertz CT molecular complexity index is 358. The molecule has 0 heterocycles. The van der Waals surface area contributed by atoms with Gasteiger partial charge in [0.25, 0.3) is 0 Å². The van der Waals surface area contributed by atoms with Gasteiger partial charge < -0.3 is 0 Å². The lowest BCUT2D eigenvalue weighted by Crippen LogP contribution is -2.31. The number of hydrogen-bond donors (Lipinski definition) is 0. The first-order valence-electron chi connectivity index (χ1n) is 6.02. The summed E-state index contributed by atoms with van der Waals surface area (Å²) < 4.78 is 0. The zero-order chi connectivity index (χ0) is 12.7. The second-order valence-electron chi connectivity index (χ2n) is 4.50. The molecule has 0 radical (unpaired) electrons. The highest BCUT2D eigenvalue weighted by atomic mass is 15.6. The van der Waals surface area contributed by atoms with Gasteiger partial charge in [0.2, 0.25) is 0 Å². The lowest BCUT2D eigenvalue weighted by molar-refractivity contribution is 0.169. The van der Waals surface area contributed by atoms with Crippen molar-refractivity contribution < 1.29 is 0 Å². The Kier molecular flexibility index (Phi) is 5.40. The molecule has 0 fully saturated rings. The van der Waals surface area contributed by atoms with E-state index in [2.05, 4.69) is 38.0 Å². The van der Waals surface area contributed by atoms with Crippen LogP contribution in [0.15, 0.2) is 46.9 Å². The van der Waals surface area contributed by atoms with Gasteiger partial charge in [0.1, 0.15) is 0 Å². The SMILES string of the molecule is CC(C)N(/N=N/C=C/c1ccccc1)C(C)C. The maximum absolute atomic E-state index is 4.21. The molecule has 0 aliphatic rings. The summed E-state index contributed by atoms with van der Waals surface area (Å²) in [6.45, 7) is 8.44. The lowest BCUT2D eigenvalue weighted by atomic mass is 10.2. The van der Waals surface area contributed by atoms with E-state index in [0.29, 0.717) is 12.1 Å². The van der Waals surface area contributed by atoms with E-state index in [0.717, 1.165) is 5.56 Å². The summed E-state index contributed by atoms with van der Waals surface area (Å²) in [6.07, 6.45) is 3.68. The van der Waals surface area contributed by atoms with Crippen LogP contribution in [-0.2, 0) is 0 Å². The van der Waals surface area contributed by atoms with Crippen molar-refractivity contribution in [2.75, 3.05) is 0 Å². The number of rotatable bonds is 5. The van der Waals surface area contributed by atoms with Gasteiger partial charge in [0.05, 0.1) is 6.20 Å². The van der Waals surface area contributed by atoms with E-state index in [1.165, 1.54) is 0 Å². The van der Waals surface area contributed by atoms with Gasteiger partial charge in [-0.3, -0.25) is 5.01 Å². The molecule has 17 heavy (non-hydrogen) atoms. The molecule has 0 aromatic heterocycles. The minimum atomic E-state index is 0.365. The fourth-order valence-corrected chi connectivity index (χ4v) is 1.58. The van der Waals surface area contributed by atoms with Crippen LogP contribution in [0.1, 0.15) is 33.3 Å². The number of benzene rings is 1. The van der Waals surface area contributed by atoms with Crippen molar-refractivity contribution in [3.63, 3.8) is 0 Å². The van der Waals surface area contributed by atoms with Crippen LogP contribution < -0.4 is 0 Å². The Labute approximate surface area is 104 Å².